The largest absolute Gasteiger partial charge is 0.465 e. The van der Waals surface area contributed by atoms with Crippen LogP contribution in [-0.4, -0.2) is 27.4 Å². The Morgan fingerprint density at radius 2 is 1.55 bits per heavy atom. The Hall–Kier alpha value is -3.72. The molecule has 0 aliphatic carbocycles. The van der Waals surface area contributed by atoms with Crippen LogP contribution in [0.2, 0.25) is 0 Å². The highest BCUT2D eigenvalue weighted by molar-refractivity contribution is 7.92. The van der Waals surface area contributed by atoms with Crippen molar-refractivity contribution in [1.82, 2.24) is 0 Å². The van der Waals surface area contributed by atoms with Crippen LogP contribution in [0.15, 0.2) is 71.6 Å². The number of halogens is 1. The summed E-state index contributed by atoms with van der Waals surface area (Å²) in [5, 5.41) is 2.64. The van der Waals surface area contributed by atoms with Gasteiger partial charge in [0, 0.05) is 16.9 Å². The first-order valence-electron chi connectivity index (χ1n) is 9.08. The van der Waals surface area contributed by atoms with Gasteiger partial charge in [0.25, 0.3) is 15.9 Å². The second kappa shape index (κ2) is 8.97. The van der Waals surface area contributed by atoms with Crippen LogP contribution in [0.5, 0.6) is 0 Å². The minimum absolute atomic E-state index is 0.136. The Morgan fingerprint density at radius 3 is 2.23 bits per heavy atom. The van der Waals surface area contributed by atoms with Gasteiger partial charge in [-0.25, -0.2) is 17.6 Å². The summed E-state index contributed by atoms with van der Waals surface area (Å²) in [7, 11) is -2.79. The lowest BCUT2D eigenvalue weighted by Gasteiger charge is -2.11. The average Bonchev–Trinajstić information content (AvgIpc) is 2.75. The lowest BCUT2D eigenvalue weighted by Crippen LogP contribution is -2.15. The zero-order valence-corrected chi connectivity index (χ0v) is 17.5. The van der Waals surface area contributed by atoms with E-state index in [0.29, 0.717) is 11.3 Å². The second-order valence-electron chi connectivity index (χ2n) is 6.62. The van der Waals surface area contributed by atoms with Crippen LogP contribution >= 0.6 is 0 Å². The molecule has 0 saturated heterocycles. The predicted molar refractivity (Wildman–Crippen MR) is 114 cm³/mol. The fraction of sp³-hybridized carbons (Fsp3) is 0.0909. The molecule has 1 amide bonds. The Labute approximate surface area is 178 Å². The molecule has 0 radical (unpaired) electrons. The van der Waals surface area contributed by atoms with E-state index in [0.717, 1.165) is 6.07 Å². The van der Waals surface area contributed by atoms with Gasteiger partial charge >= 0.3 is 5.97 Å². The molecular formula is C22H19FN2O5S. The fourth-order valence-electron chi connectivity index (χ4n) is 2.72. The van der Waals surface area contributed by atoms with Crippen LogP contribution in [0.25, 0.3) is 0 Å². The summed E-state index contributed by atoms with van der Waals surface area (Å²) in [5.41, 5.74) is 1.28. The third-order valence-electron chi connectivity index (χ3n) is 4.37. The van der Waals surface area contributed by atoms with Gasteiger partial charge in [0.05, 0.1) is 17.6 Å². The number of carbonyl (C=O) groups excluding carboxylic acids is 2. The minimum Gasteiger partial charge on any atom is -0.465 e. The van der Waals surface area contributed by atoms with Gasteiger partial charge in [-0.05, 0) is 61.0 Å². The number of hydrogen-bond donors (Lipinski definition) is 2. The summed E-state index contributed by atoms with van der Waals surface area (Å²) < 4.78 is 45.8. The van der Waals surface area contributed by atoms with E-state index in [9.17, 15) is 22.4 Å². The molecule has 0 unspecified atom stereocenters. The van der Waals surface area contributed by atoms with Crippen molar-refractivity contribution in [2.75, 3.05) is 17.1 Å². The zero-order chi connectivity index (χ0) is 22.6. The number of hydrogen-bond acceptors (Lipinski definition) is 5. The molecule has 0 aliphatic rings. The first kappa shape index (κ1) is 22.0. The van der Waals surface area contributed by atoms with Crippen LogP contribution in [0, 0.1) is 12.7 Å². The van der Waals surface area contributed by atoms with Crippen LogP contribution in [0.4, 0.5) is 15.8 Å². The number of anilines is 2. The van der Waals surface area contributed by atoms with Gasteiger partial charge in [-0.15, -0.1) is 0 Å². The standard InChI is InChI=1S/C22H19FN2O5S/c1-14-9-10-19(13-20(14)23)31(28,29)25-18-8-3-5-15(11-18)21(26)24-17-7-4-6-16(12-17)22(27)30-2/h3-13,25H,1-2H3,(H,24,26). The van der Waals surface area contributed by atoms with Gasteiger partial charge in [-0.2, -0.15) is 0 Å². The number of carbonyl (C=O) groups is 2. The summed E-state index contributed by atoms with van der Waals surface area (Å²) in [5.74, 6) is -1.69. The normalized spacial score (nSPS) is 10.9. The van der Waals surface area contributed by atoms with Crippen molar-refractivity contribution in [2.45, 2.75) is 11.8 Å². The van der Waals surface area contributed by atoms with Crippen LogP contribution in [0.1, 0.15) is 26.3 Å². The molecule has 3 aromatic rings. The highest BCUT2D eigenvalue weighted by Crippen LogP contribution is 2.20. The second-order valence-corrected chi connectivity index (χ2v) is 8.31. The Bertz CT molecular complexity index is 1260. The topological polar surface area (TPSA) is 102 Å². The molecule has 0 fully saturated rings. The lowest BCUT2D eigenvalue weighted by atomic mass is 10.1. The zero-order valence-electron chi connectivity index (χ0n) is 16.7. The molecule has 31 heavy (non-hydrogen) atoms. The third kappa shape index (κ3) is 5.26. The van der Waals surface area contributed by atoms with Gasteiger partial charge in [0.1, 0.15) is 5.82 Å². The third-order valence-corrected chi connectivity index (χ3v) is 5.75. The van der Waals surface area contributed by atoms with E-state index in [1.165, 1.54) is 56.5 Å². The number of esters is 1. The molecule has 0 heterocycles. The van der Waals surface area contributed by atoms with Gasteiger partial charge in [0.15, 0.2) is 0 Å². The van der Waals surface area contributed by atoms with E-state index >= 15 is 0 Å². The Kier molecular flexibility index (Phi) is 6.36. The summed E-state index contributed by atoms with van der Waals surface area (Å²) >= 11 is 0. The fourth-order valence-corrected chi connectivity index (χ4v) is 3.78. The summed E-state index contributed by atoms with van der Waals surface area (Å²) in [6.45, 7) is 1.53. The maximum atomic E-state index is 13.8. The molecule has 160 valence electrons. The van der Waals surface area contributed by atoms with Gasteiger partial charge < -0.3 is 10.1 Å². The number of ether oxygens (including phenoxy) is 1. The quantitative estimate of drug-likeness (QED) is 0.563. The molecule has 9 heteroatoms. The van der Waals surface area contributed by atoms with E-state index in [1.54, 1.807) is 18.2 Å². The molecule has 0 aliphatic heterocycles. The van der Waals surface area contributed by atoms with Crippen molar-refractivity contribution >= 4 is 33.3 Å². The molecule has 3 rings (SSSR count). The first-order valence-corrected chi connectivity index (χ1v) is 10.6. The van der Waals surface area contributed by atoms with Crippen molar-refractivity contribution < 1.29 is 27.1 Å². The van der Waals surface area contributed by atoms with Crippen molar-refractivity contribution in [1.29, 1.82) is 0 Å². The van der Waals surface area contributed by atoms with Crippen molar-refractivity contribution in [3.05, 3.63) is 89.2 Å². The summed E-state index contributed by atoms with van der Waals surface area (Å²) in [6.07, 6.45) is 0. The van der Waals surface area contributed by atoms with Crippen molar-refractivity contribution in [3.8, 4) is 0 Å². The van der Waals surface area contributed by atoms with Gasteiger partial charge in [-0.1, -0.05) is 18.2 Å². The first-order chi connectivity index (χ1) is 14.7. The van der Waals surface area contributed by atoms with Crippen LogP contribution in [0.3, 0.4) is 0 Å². The predicted octanol–water partition coefficient (Wildman–Crippen LogP) is 3.97. The molecule has 3 aromatic carbocycles. The van der Waals surface area contributed by atoms with E-state index in [-0.39, 0.29) is 21.7 Å². The average molecular weight is 442 g/mol. The number of benzene rings is 3. The maximum Gasteiger partial charge on any atom is 0.337 e. The molecule has 0 bridgehead atoms. The number of aryl methyl sites for hydroxylation is 1. The number of rotatable bonds is 6. The van der Waals surface area contributed by atoms with Crippen LogP contribution < -0.4 is 10.0 Å². The number of amides is 1. The van der Waals surface area contributed by atoms with E-state index in [4.69, 9.17) is 0 Å². The SMILES string of the molecule is COC(=O)c1cccc(NC(=O)c2cccc(NS(=O)(=O)c3ccc(C)c(F)c3)c2)c1. The maximum absolute atomic E-state index is 13.8. The molecule has 0 spiro atoms. The Balaban J connectivity index is 1.79. The number of methoxy groups -OCH3 is 1. The smallest absolute Gasteiger partial charge is 0.337 e. The number of nitrogens with one attached hydrogen (secondary N) is 2. The van der Waals surface area contributed by atoms with E-state index in [2.05, 4.69) is 14.8 Å². The summed E-state index contributed by atoms with van der Waals surface area (Å²) in [6, 6.07) is 15.6. The molecule has 0 aromatic heterocycles. The molecule has 2 N–H and O–H groups in total. The monoisotopic (exact) mass is 442 g/mol. The van der Waals surface area contributed by atoms with Gasteiger partial charge in [0.2, 0.25) is 0 Å². The van der Waals surface area contributed by atoms with E-state index in [1.807, 2.05) is 0 Å². The summed E-state index contributed by atoms with van der Waals surface area (Å²) in [4.78, 5) is 24.0. The molecule has 0 atom stereocenters. The number of sulfonamides is 1. The highest BCUT2D eigenvalue weighted by atomic mass is 32.2. The van der Waals surface area contributed by atoms with Crippen molar-refractivity contribution in [3.63, 3.8) is 0 Å². The molecular weight excluding hydrogens is 423 g/mol. The molecule has 0 saturated carbocycles. The van der Waals surface area contributed by atoms with E-state index < -0.39 is 27.7 Å². The minimum atomic E-state index is -4.05. The molecule has 7 nitrogen and oxygen atoms in total. The van der Waals surface area contributed by atoms with Crippen molar-refractivity contribution in [2.24, 2.45) is 0 Å². The Morgan fingerprint density at radius 1 is 0.903 bits per heavy atom. The highest BCUT2D eigenvalue weighted by Gasteiger charge is 2.17. The van der Waals surface area contributed by atoms with Crippen LogP contribution in [-0.2, 0) is 14.8 Å². The lowest BCUT2D eigenvalue weighted by molar-refractivity contribution is 0.0600. The van der Waals surface area contributed by atoms with Gasteiger partial charge in [-0.3, -0.25) is 9.52 Å².